The molecule has 2 aliphatic heterocycles. The number of thiocarbonyl (C=S) groups is 1. The van der Waals surface area contributed by atoms with Crippen LogP contribution in [-0.4, -0.2) is 32.8 Å². The molecule has 3 heterocycles. The molecule has 9 heteroatoms. The van der Waals surface area contributed by atoms with Crippen LogP contribution in [0.15, 0.2) is 34.0 Å². The van der Waals surface area contributed by atoms with Crippen molar-refractivity contribution in [2.75, 3.05) is 18.0 Å². The van der Waals surface area contributed by atoms with E-state index in [0.717, 1.165) is 31.5 Å². The monoisotopic (exact) mass is 468 g/mol. The van der Waals surface area contributed by atoms with Gasteiger partial charge >= 0.3 is 0 Å². The number of anilines is 1. The van der Waals surface area contributed by atoms with E-state index in [-0.39, 0.29) is 29.4 Å². The number of amides is 1. The van der Waals surface area contributed by atoms with Crippen molar-refractivity contribution in [1.29, 1.82) is 5.26 Å². The summed E-state index contributed by atoms with van der Waals surface area (Å²) in [6, 6.07) is 7.96. The molecule has 0 aliphatic carbocycles. The molecule has 6 nitrogen and oxygen atoms in total. The fraction of sp³-hybridized carbons (Fsp3) is 0.304. The molecule has 0 radical (unpaired) electrons. The van der Waals surface area contributed by atoms with Crippen LogP contribution in [0.1, 0.15) is 35.1 Å². The zero-order valence-corrected chi connectivity index (χ0v) is 19.4. The van der Waals surface area contributed by atoms with Gasteiger partial charge in [0.15, 0.2) is 0 Å². The molecule has 0 atom stereocenters. The topological polar surface area (TPSA) is 69.3 Å². The van der Waals surface area contributed by atoms with Crippen molar-refractivity contribution in [2.45, 2.75) is 26.3 Å². The molecule has 1 aromatic heterocycles. The van der Waals surface area contributed by atoms with Crippen molar-refractivity contribution in [1.82, 2.24) is 9.47 Å². The molecule has 32 heavy (non-hydrogen) atoms. The number of carbonyl (C=O) groups excluding carboxylic acids is 1. The summed E-state index contributed by atoms with van der Waals surface area (Å²) in [5, 5.41) is 9.56. The number of benzene rings is 1. The number of nitriles is 1. The van der Waals surface area contributed by atoms with Crippen LogP contribution in [0.2, 0.25) is 0 Å². The van der Waals surface area contributed by atoms with Crippen molar-refractivity contribution in [2.24, 2.45) is 7.05 Å². The molecule has 0 spiro atoms. The summed E-state index contributed by atoms with van der Waals surface area (Å²) in [5.41, 5.74) is 1.75. The summed E-state index contributed by atoms with van der Waals surface area (Å²) in [6.07, 6.45) is 3.78. The highest BCUT2D eigenvalue weighted by Crippen LogP contribution is 2.37. The lowest BCUT2D eigenvalue weighted by molar-refractivity contribution is -0.122. The number of thioether (sulfide) groups is 1. The summed E-state index contributed by atoms with van der Waals surface area (Å²) >= 11 is 6.63. The zero-order chi connectivity index (χ0) is 23.0. The van der Waals surface area contributed by atoms with Gasteiger partial charge in [0.25, 0.3) is 11.5 Å². The Kier molecular flexibility index (Phi) is 6.17. The minimum Gasteiger partial charge on any atom is -0.357 e. The maximum atomic E-state index is 13.2. The van der Waals surface area contributed by atoms with Gasteiger partial charge in [0, 0.05) is 25.7 Å². The number of carbonyl (C=O) groups is 1. The minimum absolute atomic E-state index is 0.0727. The second kappa shape index (κ2) is 8.88. The first-order valence-corrected chi connectivity index (χ1v) is 11.4. The third kappa shape index (κ3) is 3.96. The van der Waals surface area contributed by atoms with Crippen molar-refractivity contribution in [3.05, 3.63) is 67.6 Å². The molecule has 2 saturated heterocycles. The Balaban J connectivity index is 1.76. The molecule has 2 fully saturated rings. The average Bonchev–Trinajstić information content (AvgIpc) is 3.38. The van der Waals surface area contributed by atoms with Gasteiger partial charge in [-0.2, -0.15) is 5.26 Å². The summed E-state index contributed by atoms with van der Waals surface area (Å²) in [6.45, 7) is 3.61. The van der Waals surface area contributed by atoms with Gasteiger partial charge in [-0.15, -0.1) is 0 Å². The lowest BCUT2D eigenvalue weighted by Gasteiger charge is -2.25. The molecule has 0 N–H and O–H groups in total. The lowest BCUT2D eigenvalue weighted by Crippen LogP contribution is -2.31. The van der Waals surface area contributed by atoms with Crippen LogP contribution in [0.25, 0.3) is 6.08 Å². The van der Waals surface area contributed by atoms with Gasteiger partial charge in [-0.25, -0.2) is 4.39 Å². The molecule has 0 bridgehead atoms. The quantitative estimate of drug-likeness (QED) is 0.503. The Morgan fingerprint density at radius 3 is 2.50 bits per heavy atom. The second-order valence-corrected chi connectivity index (χ2v) is 9.48. The highest BCUT2D eigenvalue weighted by Gasteiger charge is 2.33. The summed E-state index contributed by atoms with van der Waals surface area (Å²) in [5.74, 6) is 0.128. The SMILES string of the molecule is Cc1c(/C=C2/SC(=S)N(Cc3ccc(F)cc3)C2=O)c(N2CCCC2)n(C)c(=O)c1C#N. The van der Waals surface area contributed by atoms with Crippen molar-refractivity contribution in [3.63, 3.8) is 0 Å². The molecule has 2 aromatic rings. The van der Waals surface area contributed by atoms with Gasteiger partial charge in [-0.05, 0) is 49.1 Å². The number of nitrogens with zero attached hydrogens (tertiary/aromatic N) is 4. The molecular formula is C23H21FN4O2S2. The molecule has 1 aromatic carbocycles. The van der Waals surface area contributed by atoms with Crippen LogP contribution < -0.4 is 10.5 Å². The van der Waals surface area contributed by atoms with Crippen LogP contribution in [0.3, 0.4) is 0 Å². The smallest absolute Gasteiger partial charge is 0.270 e. The molecule has 2 aliphatic rings. The first-order chi connectivity index (χ1) is 15.3. The van der Waals surface area contributed by atoms with E-state index in [1.165, 1.54) is 33.4 Å². The van der Waals surface area contributed by atoms with Crippen molar-refractivity contribution in [3.8, 4) is 6.07 Å². The Morgan fingerprint density at radius 2 is 1.88 bits per heavy atom. The molecule has 0 unspecified atom stereocenters. The zero-order valence-electron chi connectivity index (χ0n) is 17.7. The summed E-state index contributed by atoms with van der Waals surface area (Å²) in [7, 11) is 1.66. The van der Waals surface area contributed by atoms with E-state index in [1.807, 2.05) is 6.07 Å². The van der Waals surface area contributed by atoms with E-state index in [1.54, 1.807) is 32.2 Å². The van der Waals surface area contributed by atoms with E-state index in [2.05, 4.69) is 4.90 Å². The molecule has 4 rings (SSSR count). The number of rotatable bonds is 4. The average molecular weight is 469 g/mol. The maximum Gasteiger partial charge on any atom is 0.270 e. The van der Waals surface area contributed by atoms with Crippen LogP contribution in [0, 0.1) is 24.1 Å². The van der Waals surface area contributed by atoms with E-state index in [9.17, 15) is 19.2 Å². The van der Waals surface area contributed by atoms with Gasteiger partial charge in [0.05, 0.1) is 11.4 Å². The van der Waals surface area contributed by atoms with Crippen LogP contribution in [0.4, 0.5) is 10.2 Å². The fourth-order valence-corrected chi connectivity index (χ4v) is 5.30. The Hall–Kier alpha value is -2.96. The molecule has 164 valence electrons. The van der Waals surface area contributed by atoms with Crippen molar-refractivity contribution < 1.29 is 9.18 Å². The number of halogens is 1. The predicted octanol–water partition coefficient (Wildman–Crippen LogP) is 3.71. The Bertz CT molecular complexity index is 1240. The molecular weight excluding hydrogens is 447 g/mol. The standard InChI is InChI=1S/C23H21FN4O2S2/c1-14-17(20(27-9-3-4-10-27)26(2)21(29)18(14)12-25)11-19-22(30)28(23(31)32-19)13-15-5-7-16(24)8-6-15/h5-8,11H,3-4,9-10,13H2,1-2H3/b19-11+. The first-order valence-electron chi connectivity index (χ1n) is 10.2. The van der Waals surface area contributed by atoms with E-state index in [0.29, 0.717) is 26.2 Å². The summed E-state index contributed by atoms with van der Waals surface area (Å²) in [4.78, 5) is 30.0. The summed E-state index contributed by atoms with van der Waals surface area (Å²) < 4.78 is 15.1. The van der Waals surface area contributed by atoms with Crippen molar-refractivity contribution >= 4 is 46.1 Å². The van der Waals surface area contributed by atoms with Gasteiger partial charge in [-0.3, -0.25) is 19.1 Å². The minimum atomic E-state index is -0.341. The first kappa shape index (κ1) is 22.2. The normalized spacial score (nSPS) is 17.5. The van der Waals surface area contributed by atoms with Gasteiger partial charge in [-0.1, -0.05) is 36.1 Å². The second-order valence-electron chi connectivity index (χ2n) is 7.80. The fourth-order valence-electron chi connectivity index (χ4n) is 4.06. The number of pyridine rings is 1. The van der Waals surface area contributed by atoms with Crippen LogP contribution in [-0.2, 0) is 18.4 Å². The van der Waals surface area contributed by atoms with Gasteiger partial charge < -0.3 is 4.90 Å². The molecule has 0 saturated carbocycles. The number of hydrogen-bond acceptors (Lipinski definition) is 6. The van der Waals surface area contributed by atoms with Crippen LogP contribution >= 0.6 is 24.0 Å². The largest absolute Gasteiger partial charge is 0.357 e. The predicted molar refractivity (Wildman–Crippen MR) is 128 cm³/mol. The number of aromatic nitrogens is 1. The maximum absolute atomic E-state index is 13.2. The van der Waals surface area contributed by atoms with E-state index in [4.69, 9.17) is 12.2 Å². The highest BCUT2D eigenvalue weighted by atomic mass is 32.2. The van der Waals surface area contributed by atoms with E-state index >= 15 is 0 Å². The third-order valence-electron chi connectivity index (χ3n) is 5.78. The lowest BCUT2D eigenvalue weighted by atomic mass is 10.0. The van der Waals surface area contributed by atoms with Gasteiger partial charge in [0.1, 0.15) is 27.6 Å². The number of hydrogen-bond donors (Lipinski definition) is 0. The van der Waals surface area contributed by atoms with E-state index < -0.39 is 0 Å². The van der Waals surface area contributed by atoms with Gasteiger partial charge in [0.2, 0.25) is 0 Å². The Morgan fingerprint density at radius 1 is 1.22 bits per heavy atom. The Labute approximate surface area is 194 Å². The van der Waals surface area contributed by atoms with Crippen LogP contribution in [0.5, 0.6) is 0 Å². The third-order valence-corrected chi connectivity index (χ3v) is 7.15. The molecule has 1 amide bonds. The highest BCUT2D eigenvalue weighted by molar-refractivity contribution is 8.26.